The van der Waals surface area contributed by atoms with Crippen molar-refractivity contribution in [2.75, 3.05) is 6.54 Å². The van der Waals surface area contributed by atoms with E-state index in [-0.39, 0.29) is 18.5 Å². The van der Waals surface area contributed by atoms with Gasteiger partial charge in [-0.05, 0) is 33.3 Å². The van der Waals surface area contributed by atoms with Gasteiger partial charge in [-0.15, -0.1) is 0 Å². The summed E-state index contributed by atoms with van der Waals surface area (Å²) in [6, 6.07) is 11.8. The van der Waals surface area contributed by atoms with Crippen LogP contribution in [0.3, 0.4) is 0 Å². The zero-order valence-electron chi connectivity index (χ0n) is 11.5. The van der Waals surface area contributed by atoms with Gasteiger partial charge in [0.1, 0.15) is 6.54 Å². The number of nitriles is 1. The van der Waals surface area contributed by atoms with Crippen LogP contribution in [0.25, 0.3) is 0 Å². The number of hydrogen-bond donors (Lipinski definition) is 0. The summed E-state index contributed by atoms with van der Waals surface area (Å²) in [6.07, 6.45) is 0. The molecule has 0 saturated carbocycles. The van der Waals surface area contributed by atoms with Crippen molar-refractivity contribution in [3.8, 4) is 6.07 Å². The molecule has 18 heavy (non-hydrogen) atoms. The van der Waals surface area contributed by atoms with Crippen molar-refractivity contribution in [3.63, 3.8) is 0 Å². The second-order valence-electron chi connectivity index (χ2n) is 5.18. The van der Waals surface area contributed by atoms with Gasteiger partial charge in [0, 0.05) is 6.04 Å². The number of carbonyl (C=O) groups excluding carboxylic acids is 1. The van der Waals surface area contributed by atoms with E-state index in [1.54, 1.807) is 4.90 Å². The van der Waals surface area contributed by atoms with Crippen LogP contribution in [0.5, 0.6) is 0 Å². The SMILES string of the molecule is CC(C)N(CC#N)C(=O)C(C)(C)c1ccccc1. The minimum Gasteiger partial charge on any atom is -0.326 e. The van der Waals surface area contributed by atoms with Crippen LogP contribution < -0.4 is 0 Å². The van der Waals surface area contributed by atoms with Gasteiger partial charge in [0.25, 0.3) is 0 Å². The third-order valence-corrected chi connectivity index (χ3v) is 3.16. The van der Waals surface area contributed by atoms with Crippen LogP contribution in [-0.2, 0) is 10.2 Å². The van der Waals surface area contributed by atoms with Crippen LogP contribution in [0.2, 0.25) is 0 Å². The largest absolute Gasteiger partial charge is 0.326 e. The van der Waals surface area contributed by atoms with Crippen molar-refractivity contribution in [2.45, 2.75) is 39.2 Å². The van der Waals surface area contributed by atoms with Gasteiger partial charge < -0.3 is 4.90 Å². The van der Waals surface area contributed by atoms with E-state index >= 15 is 0 Å². The van der Waals surface area contributed by atoms with Crippen molar-refractivity contribution in [1.82, 2.24) is 4.90 Å². The first-order valence-electron chi connectivity index (χ1n) is 6.14. The van der Waals surface area contributed by atoms with Gasteiger partial charge in [0.15, 0.2) is 0 Å². The molecule has 0 atom stereocenters. The highest BCUT2D eigenvalue weighted by Gasteiger charge is 2.34. The Morgan fingerprint density at radius 3 is 2.33 bits per heavy atom. The molecule has 96 valence electrons. The highest BCUT2D eigenvalue weighted by Crippen LogP contribution is 2.26. The number of benzene rings is 1. The lowest BCUT2D eigenvalue weighted by atomic mass is 9.83. The fraction of sp³-hybridized carbons (Fsp3) is 0.467. The highest BCUT2D eigenvalue weighted by molar-refractivity contribution is 5.87. The van der Waals surface area contributed by atoms with Crippen LogP contribution in [0.15, 0.2) is 30.3 Å². The molecule has 0 unspecified atom stereocenters. The highest BCUT2D eigenvalue weighted by atomic mass is 16.2. The molecule has 1 rings (SSSR count). The van der Waals surface area contributed by atoms with Crippen LogP contribution in [0.1, 0.15) is 33.3 Å². The summed E-state index contributed by atoms with van der Waals surface area (Å²) in [6.45, 7) is 7.79. The summed E-state index contributed by atoms with van der Waals surface area (Å²) in [5.41, 5.74) is 0.362. The number of rotatable bonds is 4. The Bertz CT molecular complexity index is 443. The molecule has 0 bridgehead atoms. The molecular weight excluding hydrogens is 224 g/mol. The van der Waals surface area contributed by atoms with E-state index < -0.39 is 5.41 Å². The molecule has 1 aromatic carbocycles. The normalized spacial score (nSPS) is 11.1. The predicted octanol–water partition coefficient (Wildman–Crippen LogP) is 2.72. The van der Waals surface area contributed by atoms with E-state index in [9.17, 15) is 4.79 Å². The van der Waals surface area contributed by atoms with E-state index in [4.69, 9.17) is 5.26 Å². The van der Waals surface area contributed by atoms with Crippen LogP contribution in [0.4, 0.5) is 0 Å². The van der Waals surface area contributed by atoms with Crippen molar-refractivity contribution < 1.29 is 4.79 Å². The Balaban J connectivity index is 3.04. The van der Waals surface area contributed by atoms with Crippen LogP contribution in [-0.4, -0.2) is 23.4 Å². The van der Waals surface area contributed by atoms with Gasteiger partial charge in [-0.3, -0.25) is 4.79 Å². The third-order valence-electron chi connectivity index (χ3n) is 3.16. The zero-order valence-corrected chi connectivity index (χ0v) is 11.5. The Morgan fingerprint density at radius 1 is 1.33 bits per heavy atom. The maximum Gasteiger partial charge on any atom is 0.233 e. The molecule has 0 spiro atoms. The monoisotopic (exact) mass is 244 g/mol. The van der Waals surface area contributed by atoms with Gasteiger partial charge >= 0.3 is 0 Å². The molecule has 3 heteroatoms. The first kappa shape index (κ1) is 14.2. The molecule has 0 saturated heterocycles. The van der Waals surface area contributed by atoms with Crippen LogP contribution >= 0.6 is 0 Å². The zero-order chi connectivity index (χ0) is 13.8. The van der Waals surface area contributed by atoms with Crippen molar-refractivity contribution in [1.29, 1.82) is 5.26 Å². The third kappa shape index (κ3) is 2.89. The van der Waals surface area contributed by atoms with Crippen molar-refractivity contribution >= 4 is 5.91 Å². The van der Waals surface area contributed by atoms with E-state index in [0.717, 1.165) is 5.56 Å². The maximum absolute atomic E-state index is 12.6. The molecule has 0 N–H and O–H groups in total. The molecule has 1 aromatic rings. The summed E-state index contributed by atoms with van der Waals surface area (Å²) < 4.78 is 0. The second kappa shape index (κ2) is 5.68. The summed E-state index contributed by atoms with van der Waals surface area (Å²) in [5, 5.41) is 8.83. The van der Waals surface area contributed by atoms with Crippen molar-refractivity contribution in [2.24, 2.45) is 0 Å². The number of amides is 1. The van der Waals surface area contributed by atoms with Gasteiger partial charge in [-0.2, -0.15) is 5.26 Å². The summed E-state index contributed by atoms with van der Waals surface area (Å²) in [4.78, 5) is 14.2. The standard InChI is InChI=1S/C15H20N2O/c1-12(2)17(11-10-16)14(18)15(3,4)13-8-6-5-7-9-13/h5-9,12H,11H2,1-4H3. The average molecular weight is 244 g/mol. The van der Waals surface area contributed by atoms with E-state index in [0.29, 0.717) is 0 Å². The topological polar surface area (TPSA) is 44.1 Å². The summed E-state index contributed by atoms with van der Waals surface area (Å²) >= 11 is 0. The molecule has 0 aliphatic carbocycles. The lowest BCUT2D eigenvalue weighted by Crippen LogP contribution is -2.47. The van der Waals surface area contributed by atoms with Crippen molar-refractivity contribution in [3.05, 3.63) is 35.9 Å². The van der Waals surface area contributed by atoms with Gasteiger partial charge in [-0.25, -0.2) is 0 Å². The molecule has 0 radical (unpaired) electrons. The second-order valence-corrected chi connectivity index (χ2v) is 5.18. The van der Waals surface area contributed by atoms with Gasteiger partial charge in [0.2, 0.25) is 5.91 Å². The Kier molecular flexibility index (Phi) is 4.49. The fourth-order valence-corrected chi connectivity index (χ4v) is 1.90. The smallest absolute Gasteiger partial charge is 0.233 e. The first-order valence-corrected chi connectivity index (χ1v) is 6.14. The first-order chi connectivity index (χ1) is 8.41. The average Bonchev–Trinajstić information content (AvgIpc) is 2.35. The Hall–Kier alpha value is -1.82. The molecule has 0 aliphatic heterocycles. The summed E-state index contributed by atoms with van der Waals surface area (Å²) in [7, 11) is 0. The van der Waals surface area contributed by atoms with E-state index in [1.807, 2.05) is 58.0 Å². The van der Waals surface area contributed by atoms with Gasteiger partial charge in [-0.1, -0.05) is 30.3 Å². The molecule has 0 heterocycles. The fourth-order valence-electron chi connectivity index (χ4n) is 1.90. The lowest BCUT2D eigenvalue weighted by molar-refractivity contribution is -0.137. The van der Waals surface area contributed by atoms with Gasteiger partial charge in [0.05, 0.1) is 11.5 Å². The lowest BCUT2D eigenvalue weighted by Gasteiger charge is -2.33. The molecule has 1 amide bonds. The minimum absolute atomic E-state index is 0.00903. The van der Waals surface area contributed by atoms with E-state index in [2.05, 4.69) is 6.07 Å². The molecule has 0 fully saturated rings. The summed E-state index contributed by atoms with van der Waals surface area (Å²) in [5.74, 6) is -0.00903. The molecule has 0 aliphatic rings. The molecule has 0 aromatic heterocycles. The molecular formula is C15H20N2O. The Morgan fingerprint density at radius 2 is 1.89 bits per heavy atom. The Labute approximate surface area is 109 Å². The maximum atomic E-state index is 12.6. The quantitative estimate of drug-likeness (QED) is 0.764. The number of hydrogen-bond acceptors (Lipinski definition) is 2. The van der Waals surface area contributed by atoms with Crippen LogP contribution in [0, 0.1) is 11.3 Å². The molecule has 3 nitrogen and oxygen atoms in total. The minimum atomic E-state index is -0.609. The van der Waals surface area contributed by atoms with E-state index in [1.165, 1.54) is 0 Å². The number of carbonyl (C=O) groups is 1. The predicted molar refractivity (Wildman–Crippen MR) is 71.9 cm³/mol. The number of nitrogens with zero attached hydrogens (tertiary/aromatic N) is 2.